The van der Waals surface area contributed by atoms with Gasteiger partial charge in [0.1, 0.15) is 22.8 Å². The zero-order valence-corrected chi connectivity index (χ0v) is 23.3. The lowest BCUT2D eigenvalue weighted by Crippen LogP contribution is -2.63. The van der Waals surface area contributed by atoms with Crippen molar-refractivity contribution in [3.05, 3.63) is 63.6 Å². The van der Waals surface area contributed by atoms with E-state index in [0.29, 0.717) is 17.0 Å². The summed E-state index contributed by atoms with van der Waals surface area (Å²) in [5.74, 6) is -6.43. The molecule has 2 aromatic rings. The summed E-state index contributed by atoms with van der Waals surface area (Å²) in [6, 6.07) is 7.18. The molecule has 0 bridgehead atoms. The lowest BCUT2D eigenvalue weighted by molar-refractivity contribution is -0.148. The normalized spacial score (nSPS) is 30.2. The maximum atomic E-state index is 14.0. The second-order valence-corrected chi connectivity index (χ2v) is 12.2. The molecule has 41 heavy (non-hydrogen) atoms. The lowest BCUT2D eigenvalue weighted by Gasteiger charge is -2.50. The van der Waals surface area contributed by atoms with E-state index in [1.54, 1.807) is 14.1 Å². The first-order chi connectivity index (χ1) is 19.4. The van der Waals surface area contributed by atoms with E-state index in [1.807, 2.05) is 24.3 Å². The molecule has 216 valence electrons. The number of phenolic OH excluding ortho intramolecular Hbond substituents is 1. The van der Waals surface area contributed by atoms with Gasteiger partial charge in [0.15, 0.2) is 11.4 Å². The van der Waals surface area contributed by atoms with E-state index < -0.39 is 58.0 Å². The topological polar surface area (TPSA) is 165 Å². The maximum absolute atomic E-state index is 14.0. The number of amides is 1. The molecule has 1 saturated heterocycles. The van der Waals surface area contributed by atoms with Gasteiger partial charge in [-0.3, -0.25) is 24.2 Å². The fraction of sp³-hybridized carbons (Fsp3) is 0.452. The first kappa shape index (κ1) is 27.4. The number of carbonyl (C=O) groups is 3. The number of aliphatic hydroxyl groups excluding tert-OH is 2. The quantitative estimate of drug-likeness (QED) is 0.352. The third kappa shape index (κ3) is 3.84. The summed E-state index contributed by atoms with van der Waals surface area (Å²) in [7, 11) is 3.21. The van der Waals surface area contributed by atoms with Crippen molar-refractivity contribution in [3.8, 4) is 5.75 Å². The molecule has 4 aliphatic rings. The number of Topliss-reactive ketones (excluding diaryl/α,β-unsaturated/α-hetero) is 2. The average Bonchev–Trinajstić information content (AvgIpc) is 3.30. The van der Waals surface area contributed by atoms with Gasteiger partial charge in [-0.25, -0.2) is 0 Å². The Hall–Kier alpha value is -3.73. The highest BCUT2D eigenvalue weighted by atomic mass is 16.3. The summed E-state index contributed by atoms with van der Waals surface area (Å²) < 4.78 is 0. The molecule has 0 unspecified atom stereocenters. The highest BCUT2D eigenvalue weighted by molar-refractivity contribution is 6.25. The van der Waals surface area contributed by atoms with Gasteiger partial charge in [0, 0.05) is 29.5 Å². The third-order valence-corrected chi connectivity index (χ3v) is 9.67. The zero-order valence-electron chi connectivity index (χ0n) is 23.3. The standard InChI is InChI=1S/C31H35N3O7/c1-14-5-4-8-34(14)13-15-6-7-16-10-17-11-18-12-20-24(33(2)3)27(37)23(30(32)40)29(39)31(20,41)28(38)22(18)26(36)21(17)25(35)19(16)9-15/h6-7,9-10,14,18,20,24,35,37-38,41H,4-5,8,11-13H2,1-3H3,(H2,32,40)/t14-,18-,20-,24-,31-/m0/s1. The Morgan fingerprint density at radius 1 is 1.17 bits per heavy atom. The van der Waals surface area contributed by atoms with Crippen LogP contribution in [0.3, 0.4) is 0 Å². The number of benzene rings is 2. The monoisotopic (exact) mass is 561 g/mol. The average molecular weight is 562 g/mol. The number of likely N-dealkylation sites (tertiary alicyclic amines) is 1. The number of hydrogen-bond acceptors (Lipinski definition) is 9. The second kappa shape index (κ2) is 9.40. The molecule has 1 aliphatic heterocycles. The summed E-state index contributed by atoms with van der Waals surface area (Å²) in [6.07, 6.45) is 2.62. The van der Waals surface area contributed by atoms with Gasteiger partial charge in [-0.15, -0.1) is 0 Å². The van der Waals surface area contributed by atoms with Crippen LogP contribution in [0.15, 0.2) is 46.9 Å². The molecule has 10 nitrogen and oxygen atoms in total. The number of phenols is 1. The number of hydrogen-bond donors (Lipinski definition) is 5. The SMILES string of the molecule is C[C@H]1CCCN1Cc1ccc2cc3c(c(O)c2c1)C(=O)C1=C(O)[C@]2(O)C(=O)C(C(N)=O)=C(O)[C@@H](N(C)C)[C@@H]2C[C@@H]1C3. The maximum Gasteiger partial charge on any atom is 0.255 e. The van der Waals surface area contributed by atoms with Gasteiger partial charge in [-0.2, -0.15) is 0 Å². The molecule has 1 heterocycles. The fourth-order valence-corrected chi connectivity index (χ4v) is 7.62. The Morgan fingerprint density at radius 3 is 2.54 bits per heavy atom. The molecule has 0 saturated carbocycles. The molecule has 1 fully saturated rings. The van der Waals surface area contributed by atoms with Gasteiger partial charge in [-0.1, -0.05) is 18.2 Å². The van der Waals surface area contributed by atoms with E-state index in [1.165, 1.54) is 4.90 Å². The van der Waals surface area contributed by atoms with Crippen LogP contribution in [0, 0.1) is 11.8 Å². The molecule has 5 atom stereocenters. The van der Waals surface area contributed by atoms with Crippen molar-refractivity contribution in [2.45, 2.75) is 56.8 Å². The lowest BCUT2D eigenvalue weighted by atomic mass is 9.58. The number of ketones is 2. The third-order valence-electron chi connectivity index (χ3n) is 9.67. The Bertz CT molecular complexity index is 1590. The number of allylic oxidation sites excluding steroid dienone is 1. The number of rotatable bonds is 4. The Labute approximate surface area is 237 Å². The molecule has 0 aromatic heterocycles. The summed E-state index contributed by atoms with van der Waals surface area (Å²) >= 11 is 0. The summed E-state index contributed by atoms with van der Waals surface area (Å²) in [5.41, 5.74) is 3.43. The van der Waals surface area contributed by atoms with Crippen LogP contribution in [0.1, 0.15) is 47.7 Å². The predicted octanol–water partition coefficient (Wildman–Crippen LogP) is 2.26. The van der Waals surface area contributed by atoms with Crippen LogP contribution in [0.4, 0.5) is 0 Å². The fourth-order valence-electron chi connectivity index (χ4n) is 7.62. The summed E-state index contributed by atoms with van der Waals surface area (Å²) in [6.45, 7) is 3.92. The molecule has 10 heteroatoms. The van der Waals surface area contributed by atoms with Crippen molar-refractivity contribution in [2.75, 3.05) is 20.6 Å². The van der Waals surface area contributed by atoms with Crippen LogP contribution in [0.5, 0.6) is 5.75 Å². The smallest absolute Gasteiger partial charge is 0.255 e. The highest BCUT2D eigenvalue weighted by Gasteiger charge is 2.63. The predicted molar refractivity (Wildman–Crippen MR) is 150 cm³/mol. The molecule has 0 radical (unpaired) electrons. The number of aromatic hydroxyl groups is 1. The van der Waals surface area contributed by atoms with E-state index in [-0.39, 0.29) is 29.7 Å². The molecule has 1 amide bonds. The van der Waals surface area contributed by atoms with Crippen molar-refractivity contribution in [3.63, 3.8) is 0 Å². The number of fused-ring (bicyclic) bond motifs is 4. The van der Waals surface area contributed by atoms with Gasteiger partial charge in [0.25, 0.3) is 5.91 Å². The van der Waals surface area contributed by atoms with Crippen LogP contribution in [0.2, 0.25) is 0 Å². The molecule has 6 rings (SSSR count). The second-order valence-electron chi connectivity index (χ2n) is 12.2. The molecule has 2 aromatic carbocycles. The Kier molecular flexibility index (Phi) is 6.29. The first-order valence-corrected chi connectivity index (χ1v) is 14.0. The summed E-state index contributed by atoms with van der Waals surface area (Å²) in [5, 5.41) is 46.8. The van der Waals surface area contributed by atoms with Gasteiger partial charge >= 0.3 is 0 Å². The van der Waals surface area contributed by atoms with Crippen LogP contribution in [-0.2, 0) is 22.6 Å². The molecule has 0 spiro atoms. The van der Waals surface area contributed by atoms with Crippen molar-refractivity contribution >= 4 is 28.2 Å². The first-order valence-electron chi connectivity index (χ1n) is 14.0. The molecule has 6 N–H and O–H groups in total. The molecular weight excluding hydrogens is 526 g/mol. The number of nitrogens with two attached hydrogens (primary N) is 1. The van der Waals surface area contributed by atoms with Gasteiger partial charge in [0.05, 0.1) is 11.6 Å². The molecular formula is C31H35N3O7. The molecule has 3 aliphatic carbocycles. The van der Waals surface area contributed by atoms with Gasteiger partial charge in [-0.05, 0) is 81.7 Å². The number of likely N-dealkylation sites (N-methyl/N-ethyl adjacent to an activating group) is 1. The largest absolute Gasteiger partial charge is 0.510 e. The number of carbonyl (C=O) groups excluding carboxylic acids is 3. The highest BCUT2D eigenvalue weighted by Crippen LogP contribution is 2.52. The van der Waals surface area contributed by atoms with Crippen LogP contribution in [0.25, 0.3) is 10.8 Å². The van der Waals surface area contributed by atoms with E-state index in [0.717, 1.165) is 36.9 Å². The van der Waals surface area contributed by atoms with Gasteiger partial charge < -0.3 is 26.2 Å². The number of primary amides is 1. The van der Waals surface area contributed by atoms with E-state index >= 15 is 0 Å². The van der Waals surface area contributed by atoms with Crippen molar-refractivity contribution in [1.82, 2.24) is 9.80 Å². The summed E-state index contributed by atoms with van der Waals surface area (Å²) in [4.78, 5) is 43.5. The van der Waals surface area contributed by atoms with E-state index in [9.17, 15) is 34.8 Å². The van der Waals surface area contributed by atoms with E-state index in [4.69, 9.17) is 5.73 Å². The van der Waals surface area contributed by atoms with Crippen LogP contribution < -0.4 is 5.73 Å². The van der Waals surface area contributed by atoms with Crippen molar-refractivity contribution in [1.29, 1.82) is 0 Å². The Balaban J connectivity index is 1.47. The van der Waals surface area contributed by atoms with Crippen molar-refractivity contribution < 1.29 is 34.8 Å². The van der Waals surface area contributed by atoms with Crippen molar-refractivity contribution in [2.24, 2.45) is 17.6 Å². The minimum atomic E-state index is -2.64. The number of aliphatic hydroxyl groups is 3. The Morgan fingerprint density at radius 2 is 1.90 bits per heavy atom. The minimum absolute atomic E-state index is 0.0324. The number of nitrogens with zero attached hydrogens (tertiary/aromatic N) is 2. The zero-order chi connectivity index (χ0) is 29.5. The van der Waals surface area contributed by atoms with Gasteiger partial charge in [0.2, 0.25) is 5.78 Å². The minimum Gasteiger partial charge on any atom is -0.510 e. The van der Waals surface area contributed by atoms with Crippen LogP contribution >= 0.6 is 0 Å². The van der Waals surface area contributed by atoms with Crippen LogP contribution in [-0.4, -0.2) is 86.0 Å². The van der Waals surface area contributed by atoms with E-state index in [2.05, 4.69) is 11.8 Å².